The van der Waals surface area contributed by atoms with Crippen LogP contribution in [0.3, 0.4) is 0 Å². The summed E-state index contributed by atoms with van der Waals surface area (Å²) in [6.45, 7) is 4.00. The number of ether oxygens (including phenoxy) is 1. The minimum atomic E-state index is -0.327. The molecule has 1 fully saturated rings. The largest absolute Gasteiger partial charge is 0.450 e. The number of rotatable bonds is 2. The summed E-state index contributed by atoms with van der Waals surface area (Å²) in [6.07, 6.45) is -0.327. The molecule has 6 nitrogen and oxygen atoms in total. The van der Waals surface area contributed by atoms with Crippen molar-refractivity contribution in [2.24, 2.45) is 0 Å². The molecule has 0 saturated carbocycles. The summed E-state index contributed by atoms with van der Waals surface area (Å²) >= 11 is 3.42. The lowest BCUT2D eigenvalue weighted by Crippen LogP contribution is -2.50. The van der Waals surface area contributed by atoms with E-state index in [1.165, 1.54) is 0 Å². The van der Waals surface area contributed by atoms with Gasteiger partial charge in [-0.05, 0) is 35.0 Å². The van der Waals surface area contributed by atoms with Crippen LogP contribution in [0, 0.1) is 0 Å². The van der Waals surface area contributed by atoms with Crippen LogP contribution in [0.5, 0.6) is 0 Å². The van der Waals surface area contributed by atoms with Gasteiger partial charge in [-0.1, -0.05) is 12.1 Å². The highest BCUT2D eigenvalue weighted by molar-refractivity contribution is 9.10. The van der Waals surface area contributed by atoms with Gasteiger partial charge >= 0.3 is 6.09 Å². The van der Waals surface area contributed by atoms with E-state index in [1.54, 1.807) is 22.8 Å². The molecule has 7 heteroatoms. The lowest BCUT2D eigenvalue weighted by Gasteiger charge is -2.33. The predicted octanol–water partition coefficient (Wildman–Crippen LogP) is 3.11. The molecule has 1 aromatic heterocycles. The zero-order chi connectivity index (χ0) is 16.4. The maximum absolute atomic E-state index is 12.6. The van der Waals surface area contributed by atoms with Crippen LogP contribution in [0.4, 0.5) is 4.79 Å². The van der Waals surface area contributed by atoms with Crippen molar-refractivity contribution in [2.45, 2.75) is 6.92 Å². The van der Waals surface area contributed by atoms with Gasteiger partial charge in [0.05, 0.1) is 11.1 Å². The van der Waals surface area contributed by atoms with E-state index in [0.717, 1.165) is 9.86 Å². The number of amides is 2. The van der Waals surface area contributed by atoms with Crippen LogP contribution < -0.4 is 0 Å². The quantitative estimate of drug-likeness (QED) is 0.802. The highest BCUT2D eigenvalue weighted by Gasteiger charge is 2.27. The van der Waals surface area contributed by atoms with Crippen molar-refractivity contribution in [2.75, 3.05) is 32.8 Å². The van der Waals surface area contributed by atoms with E-state index >= 15 is 0 Å². The fourth-order valence-electron chi connectivity index (χ4n) is 2.60. The van der Waals surface area contributed by atoms with Crippen molar-refractivity contribution in [3.05, 3.63) is 34.5 Å². The third-order valence-electron chi connectivity index (χ3n) is 3.80. The average Bonchev–Trinajstić information content (AvgIpc) is 3.00. The van der Waals surface area contributed by atoms with Crippen molar-refractivity contribution in [3.63, 3.8) is 0 Å². The summed E-state index contributed by atoms with van der Waals surface area (Å²) in [5, 5.41) is 0.882. The summed E-state index contributed by atoms with van der Waals surface area (Å²) in [6, 6.07) is 7.42. The molecule has 1 aliphatic heterocycles. The molecule has 2 amide bonds. The number of carbonyl (C=O) groups excluding carboxylic acids is 2. The van der Waals surface area contributed by atoms with E-state index in [-0.39, 0.29) is 12.0 Å². The number of para-hydroxylation sites is 1. The van der Waals surface area contributed by atoms with E-state index in [4.69, 9.17) is 9.15 Å². The molecule has 1 aromatic carbocycles. The van der Waals surface area contributed by atoms with Crippen LogP contribution in [-0.4, -0.2) is 54.6 Å². The third kappa shape index (κ3) is 3.19. The summed E-state index contributed by atoms with van der Waals surface area (Å²) in [4.78, 5) is 27.6. The molecule has 2 heterocycles. The molecule has 0 spiro atoms. The number of benzene rings is 1. The summed E-state index contributed by atoms with van der Waals surface area (Å²) < 4.78 is 11.5. The van der Waals surface area contributed by atoms with Crippen molar-refractivity contribution in [1.82, 2.24) is 9.80 Å². The smallest absolute Gasteiger partial charge is 0.409 e. The van der Waals surface area contributed by atoms with Crippen molar-refractivity contribution < 1.29 is 18.7 Å². The van der Waals surface area contributed by atoms with Crippen LogP contribution in [0.15, 0.2) is 33.2 Å². The Morgan fingerprint density at radius 1 is 1.22 bits per heavy atom. The predicted molar refractivity (Wildman–Crippen MR) is 88.4 cm³/mol. The van der Waals surface area contributed by atoms with Gasteiger partial charge in [0, 0.05) is 31.6 Å². The molecular weight excluding hydrogens is 364 g/mol. The second-order valence-electron chi connectivity index (χ2n) is 5.25. The summed E-state index contributed by atoms with van der Waals surface area (Å²) in [5.74, 6) is 0.160. The van der Waals surface area contributed by atoms with E-state index in [1.807, 2.05) is 18.2 Å². The molecule has 0 atom stereocenters. The van der Waals surface area contributed by atoms with E-state index < -0.39 is 0 Å². The van der Waals surface area contributed by atoms with Gasteiger partial charge in [-0.2, -0.15) is 0 Å². The number of nitrogens with zero attached hydrogens (tertiary/aromatic N) is 2. The average molecular weight is 381 g/mol. The second-order valence-corrected chi connectivity index (χ2v) is 6.10. The van der Waals surface area contributed by atoms with Crippen molar-refractivity contribution >= 4 is 38.9 Å². The van der Waals surface area contributed by atoms with Crippen LogP contribution in [-0.2, 0) is 4.74 Å². The molecule has 3 rings (SSSR count). The summed E-state index contributed by atoms with van der Waals surface area (Å²) in [7, 11) is 0. The van der Waals surface area contributed by atoms with Gasteiger partial charge in [0.1, 0.15) is 5.58 Å². The van der Waals surface area contributed by atoms with Gasteiger partial charge in [0.15, 0.2) is 5.76 Å². The number of fused-ring (bicyclic) bond motifs is 1. The van der Waals surface area contributed by atoms with Crippen molar-refractivity contribution in [3.8, 4) is 0 Å². The zero-order valence-electron chi connectivity index (χ0n) is 12.8. The highest BCUT2D eigenvalue weighted by atomic mass is 79.9. The Morgan fingerprint density at radius 3 is 2.57 bits per heavy atom. The van der Waals surface area contributed by atoms with Gasteiger partial charge in [-0.25, -0.2) is 4.79 Å². The number of hydrogen-bond acceptors (Lipinski definition) is 4. The maximum Gasteiger partial charge on any atom is 0.409 e. The maximum atomic E-state index is 12.6. The Balaban J connectivity index is 1.69. The van der Waals surface area contributed by atoms with Gasteiger partial charge < -0.3 is 19.0 Å². The first kappa shape index (κ1) is 15.9. The summed E-state index contributed by atoms with van der Waals surface area (Å²) in [5.41, 5.74) is 0.668. The molecule has 0 bridgehead atoms. The molecule has 122 valence electrons. The first-order chi connectivity index (χ1) is 11.1. The molecule has 0 radical (unpaired) electrons. The van der Waals surface area contributed by atoms with E-state index in [0.29, 0.717) is 44.1 Å². The molecule has 1 aliphatic rings. The molecule has 0 N–H and O–H groups in total. The monoisotopic (exact) mass is 380 g/mol. The fourth-order valence-corrected chi connectivity index (χ4v) is 3.06. The second kappa shape index (κ2) is 6.62. The minimum Gasteiger partial charge on any atom is -0.450 e. The van der Waals surface area contributed by atoms with Gasteiger partial charge in [0.2, 0.25) is 0 Å². The molecule has 0 aliphatic carbocycles. The van der Waals surface area contributed by atoms with Crippen LogP contribution >= 0.6 is 15.9 Å². The minimum absolute atomic E-state index is 0.156. The first-order valence-electron chi connectivity index (χ1n) is 7.49. The Morgan fingerprint density at radius 2 is 1.91 bits per heavy atom. The van der Waals surface area contributed by atoms with Gasteiger partial charge in [-0.15, -0.1) is 0 Å². The number of piperazine rings is 1. The third-order valence-corrected chi connectivity index (χ3v) is 4.42. The molecule has 2 aromatic rings. The normalized spacial score (nSPS) is 15.0. The molecule has 23 heavy (non-hydrogen) atoms. The molecular formula is C16H17BrN2O4. The highest BCUT2D eigenvalue weighted by Crippen LogP contribution is 2.27. The Labute approximate surface area is 142 Å². The fraction of sp³-hybridized carbons (Fsp3) is 0.375. The van der Waals surface area contributed by atoms with E-state index in [9.17, 15) is 9.59 Å². The van der Waals surface area contributed by atoms with Crippen molar-refractivity contribution in [1.29, 1.82) is 0 Å². The molecule has 1 saturated heterocycles. The SMILES string of the molecule is CCOC(=O)N1CCN(C(=O)c2cc3cccc(Br)c3o2)CC1. The standard InChI is InChI=1S/C16H17BrN2O4/c1-2-22-16(21)19-8-6-18(7-9-19)15(20)13-10-11-4-3-5-12(17)14(11)23-13/h3-5,10H,2,6-9H2,1H3. The molecule has 0 unspecified atom stereocenters. The number of hydrogen-bond donors (Lipinski definition) is 0. The Hall–Kier alpha value is -2.02. The first-order valence-corrected chi connectivity index (χ1v) is 8.28. The van der Waals surface area contributed by atoms with Gasteiger partial charge in [0.25, 0.3) is 5.91 Å². The lowest BCUT2D eigenvalue weighted by molar-refractivity contribution is 0.0548. The Bertz CT molecular complexity index is 735. The van der Waals surface area contributed by atoms with Gasteiger partial charge in [-0.3, -0.25) is 4.79 Å². The van der Waals surface area contributed by atoms with E-state index in [2.05, 4.69) is 15.9 Å². The van der Waals surface area contributed by atoms with Crippen LogP contribution in [0.25, 0.3) is 11.0 Å². The zero-order valence-corrected chi connectivity index (χ0v) is 14.3. The lowest BCUT2D eigenvalue weighted by atomic mass is 10.2. The van der Waals surface area contributed by atoms with Crippen LogP contribution in [0.1, 0.15) is 17.5 Å². The topological polar surface area (TPSA) is 63.0 Å². The Kier molecular flexibility index (Phi) is 4.56. The number of furan rings is 1. The van der Waals surface area contributed by atoms with Crippen LogP contribution in [0.2, 0.25) is 0 Å². The number of carbonyl (C=O) groups is 2. The number of halogens is 1.